The number of esters is 1. The zero-order valence-corrected chi connectivity index (χ0v) is 39.6. The van der Waals surface area contributed by atoms with Crippen molar-refractivity contribution in [2.24, 2.45) is 23.0 Å². The van der Waals surface area contributed by atoms with Crippen molar-refractivity contribution in [1.29, 1.82) is 0 Å². The lowest BCUT2D eigenvalue weighted by Crippen LogP contribution is -2.62. The van der Waals surface area contributed by atoms with Crippen LogP contribution in [0.4, 0.5) is 0 Å². The van der Waals surface area contributed by atoms with Crippen molar-refractivity contribution in [3.63, 3.8) is 0 Å². The van der Waals surface area contributed by atoms with Gasteiger partial charge in [0.25, 0.3) is 5.91 Å². The molecule has 7 rings (SSSR count). The Kier molecular flexibility index (Phi) is 14.5. The van der Waals surface area contributed by atoms with E-state index in [2.05, 4.69) is 54.3 Å². The topological polar surface area (TPSA) is 202 Å². The van der Waals surface area contributed by atoms with Crippen molar-refractivity contribution < 1.29 is 38.6 Å². The van der Waals surface area contributed by atoms with Crippen LogP contribution in [0.15, 0.2) is 54.7 Å². The van der Waals surface area contributed by atoms with Crippen LogP contribution in [0.1, 0.15) is 83.7 Å². The van der Waals surface area contributed by atoms with E-state index < -0.39 is 47.2 Å². The number of aryl methyl sites for hydroxylation is 1. The minimum Gasteiger partial charge on any atom is -0.508 e. The second-order valence-corrected chi connectivity index (χ2v) is 19.2. The Bertz CT molecular complexity index is 2480. The number of carbonyl (C=O) groups is 5. The normalized spacial score (nSPS) is 21.0. The first-order valence-corrected chi connectivity index (χ1v) is 23.2. The van der Waals surface area contributed by atoms with Gasteiger partial charge < -0.3 is 40.0 Å². The Morgan fingerprint density at radius 2 is 1.85 bits per heavy atom. The van der Waals surface area contributed by atoms with Crippen molar-refractivity contribution in [1.82, 2.24) is 35.1 Å². The maximum absolute atomic E-state index is 14.7. The molecule has 5 atom stereocenters. The summed E-state index contributed by atoms with van der Waals surface area (Å²) in [5.41, 5.74) is 15.1. The Balaban J connectivity index is 1.31. The van der Waals surface area contributed by atoms with Crippen LogP contribution in [0, 0.1) is 17.3 Å². The predicted octanol–water partition coefficient (Wildman–Crippen LogP) is 4.74. The molecule has 3 aliphatic rings. The van der Waals surface area contributed by atoms with Crippen molar-refractivity contribution in [2.45, 2.75) is 104 Å². The van der Waals surface area contributed by atoms with Crippen molar-refractivity contribution in [3.8, 4) is 28.1 Å². The number of nitrogens with two attached hydrogens (primary N) is 1. The highest BCUT2D eigenvalue weighted by molar-refractivity contribution is 5.96. The van der Waals surface area contributed by atoms with Crippen LogP contribution in [0.2, 0.25) is 0 Å². The number of nitrogens with zero attached hydrogens (tertiary/aromatic N) is 5. The summed E-state index contributed by atoms with van der Waals surface area (Å²) in [6.07, 6.45) is 3.40. The highest BCUT2D eigenvalue weighted by Gasteiger charge is 2.40. The van der Waals surface area contributed by atoms with E-state index in [0.717, 1.165) is 39.0 Å². The summed E-state index contributed by atoms with van der Waals surface area (Å²) in [6.45, 7) is 13.4. The molecule has 0 aliphatic carbocycles. The lowest BCUT2D eigenvalue weighted by atomic mass is 9.84. The molecule has 4 aromatic rings. The summed E-state index contributed by atoms with van der Waals surface area (Å²) in [5.74, 6) is -2.88. The summed E-state index contributed by atoms with van der Waals surface area (Å²) in [5, 5.41) is 16.7. The molecule has 4 amide bonds. The molecule has 0 spiro atoms. The zero-order valence-electron chi connectivity index (χ0n) is 39.6. The number of nitrogens with one attached hydrogen (secondary N) is 2. The van der Waals surface area contributed by atoms with Crippen LogP contribution < -0.4 is 16.5 Å². The van der Waals surface area contributed by atoms with E-state index in [-0.39, 0.29) is 62.2 Å². The fraction of sp³-hybridized carbons (Fsp3) is 0.520. The lowest BCUT2D eigenvalue weighted by molar-refractivity contribution is -0.155. The minimum absolute atomic E-state index is 0.0138. The van der Waals surface area contributed by atoms with Crippen LogP contribution in [-0.2, 0) is 52.8 Å². The van der Waals surface area contributed by atoms with Gasteiger partial charge in [0.1, 0.15) is 23.9 Å². The van der Waals surface area contributed by atoms with Crippen molar-refractivity contribution >= 4 is 40.5 Å². The monoisotopic (exact) mass is 907 g/mol. The molecule has 2 aromatic carbocycles. The van der Waals surface area contributed by atoms with E-state index in [9.17, 15) is 29.1 Å². The number of rotatable bonds is 10. The van der Waals surface area contributed by atoms with E-state index in [4.69, 9.17) is 20.2 Å². The van der Waals surface area contributed by atoms with E-state index in [1.165, 1.54) is 9.91 Å². The molecule has 5 N–H and O–H groups in total. The summed E-state index contributed by atoms with van der Waals surface area (Å²) < 4.78 is 14.2. The Labute approximate surface area is 387 Å². The van der Waals surface area contributed by atoms with Gasteiger partial charge in [-0.25, -0.2) is 5.43 Å². The maximum Gasteiger partial charge on any atom is 0.324 e. The van der Waals surface area contributed by atoms with Crippen molar-refractivity contribution in [3.05, 3.63) is 71.5 Å². The number of hydrogen-bond acceptors (Lipinski definition) is 11. The third-order valence-corrected chi connectivity index (χ3v) is 13.4. The molecule has 354 valence electrons. The van der Waals surface area contributed by atoms with E-state index >= 15 is 0 Å². The number of hydrazine groups is 1. The third-order valence-electron chi connectivity index (χ3n) is 13.4. The number of fused-ring (bicyclic) bond motifs is 6. The summed E-state index contributed by atoms with van der Waals surface area (Å²) in [6, 6.07) is 12.5. The molecule has 2 saturated heterocycles. The second kappa shape index (κ2) is 19.9. The molecule has 0 radical (unpaired) electrons. The molecule has 3 aliphatic heterocycles. The molecular weight excluding hydrogens is 841 g/mol. The van der Waals surface area contributed by atoms with Gasteiger partial charge in [0.2, 0.25) is 17.7 Å². The number of carbonyl (C=O) groups excluding carboxylic acids is 5. The lowest BCUT2D eigenvalue weighted by Gasteiger charge is -2.37. The van der Waals surface area contributed by atoms with Crippen LogP contribution >= 0.6 is 0 Å². The van der Waals surface area contributed by atoms with Gasteiger partial charge in [-0.1, -0.05) is 39.8 Å². The van der Waals surface area contributed by atoms with Crippen LogP contribution in [-0.4, -0.2) is 124 Å². The first kappa shape index (κ1) is 48.1. The number of likely N-dealkylation sites (N-methyl/N-ethyl adjacent to an activating group) is 1. The molecule has 6 bridgehead atoms. The summed E-state index contributed by atoms with van der Waals surface area (Å²) in [7, 11) is 3.25. The number of hydrogen-bond donors (Lipinski definition) is 4. The molecule has 0 unspecified atom stereocenters. The molecule has 66 heavy (non-hydrogen) atoms. The standard InChI is InChI=1S/C50H66N8O8/c1-9-57-41-15-14-32-24-37(41)38(45(57)36-12-10-17-52-43(36)30(4)65-8)25-50(5,6)28-66-49(64)39-13-11-18-58(54-39)48(63)40(22-31-20-34(32)23-35(59)21-31)53-46(61)44(29(2)3)55(7)47(62)33-16-19-56(27-33)42(60)26-51/h10,12,14-15,17,20-21,23-24,29-30,33,39-40,44,54,59H,9,11,13,16,18-19,22,25-28,51H2,1-8H3,(H,53,61)/t30-,33-,39-,40-,44-/m0/s1. The number of cyclic esters (lactones) is 1. The first-order valence-electron chi connectivity index (χ1n) is 23.2. The average molecular weight is 907 g/mol. The quantitative estimate of drug-likeness (QED) is 0.160. The summed E-state index contributed by atoms with van der Waals surface area (Å²) in [4.78, 5) is 77.1. The number of aromatic nitrogens is 2. The highest BCUT2D eigenvalue weighted by atomic mass is 16.5. The van der Waals surface area contributed by atoms with Gasteiger partial charge in [-0.15, -0.1) is 0 Å². The van der Waals surface area contributed by atoms with E-state index in [1.807, 2.05) is 39.0 Å². The van der Waals surface area contributed by atoms with Gasteiger partial charge in [-0.05, 0) is 104 Å². The molecule has 16 nitrogen and oxygen atoms in total. The molecular formula is C50H66N8O8. The second-order valence-electron chi connectivity index (χ2n) is 19.2. The number of phenolic OH excluding ortho intramolecular Hbond substituents is 1. The number of likely N-dealkylation sites (tertiary alicyclic amines) is 1. The predicted molar refractivity (Wildman–Crippen MR) is 250 cm³/mol. The fourth-order valence-electron chi connectivity index (χ4n) is 9.99. The van der Waals surface area contributed by atoms with E-state index in [1.54, 1.807) is 37.4 Å². The molecule has 0 saturated carbocycles. The maximum atomic E-state index is 14.7. The van der Waals surface area contributed by atoms with Gasteiger partial charge >= 0.3 is 5.97 Å². The van der Waals surface area contributed by atoms with Crippen LogP contribution in [0.25, 0.3) is 33.3 Å². The smallest absolute Gasteiger partial charge is 0.324 e. The first-order chi connectivity index (χ1) is 31.4. The molecule has 2 aromatic heterocycles. The number of benzene rings is 2. The number of ether oxygens (including phenoxy) is 2. The molecule has 5 heterocycles. The van der Waals surface area contributed by atoms with Crippen molar-refractivity contribution in [2.75, 3.05) is 46.9 Å². The zero-order chi connectivity index (χ0) is 47.6. The largest absolute Gasteiger partial charge is 0.508 e. The number of aromatic hydroxyl groups is 1. The van der Waals surface area contributed by atoms with Gasteiger partial charge in [-0.2, -0.15) is 0 Å². The molecule has 2 fully saturated rings. The Hall–Kier alpha value is -5.84. The van der Waals surface area contributed by atoms with E-state index in [0.29, 0.717) is 49.9 Å². The van der Waals surface area contributed by atoms with Gasteiger partial charge in [-0.3, -0.25) is 34.0 Å². The Morgan fingerprint density at radius 3 is 2.56 bits per heavy atom. The third kappa shape index (κ3) is 9.96. The van der Waals surface area contributed by atoms with Crippen LogP contribution in [0.3, 0.4) is 0 Å². The van der Waals surface area contributed by atoms with Gasteiger partial charge in [0, 0.05) is 74.8 Å². The number of phenols is 1. The number of methoxy groups -OCH3 is 1. The molecule has 16 heteroatoms. The highest BCUT2D eigenvalue weighted by Crippen LogP contribution is 2.42. The number of pyridine rings is 1. The van der Waals surface area contributed by atoms with Gasteiger partial charge in [0.15, 0.2) is 0 Å². The number of amides is 4. The van der Waals surface area contributed by atoms with Crippen LogP contribution in [0.5, 0.6) is 5.75 Å². The summed E-state index contributed by atoms with van der Waals surface area (Å²) >= 11 is 0. The SMILES string of the molecule is CCn1c(-c2cccnc2[C@H](C)OC)c2c3cc(ccc31)-c1cc(O)cc(c1)C[C@H](NC(=O)[C@H](C(C)C)N(C)C(=O)[C@H]1CCN(C(=O)CN)C1)C(=O)N1CCC[C@H](N1)C(=O)OCC(C)(C)C2. The Morgan fingerprint density at radius 1 is 1.08 bits per heavy atom. The minimum atomic E-state index is -1.17. The fourth-order valence-corrected chi connectivity index (χ4v) is 9.99. The van der Waals surface area contributed by atoms with Gasteiger partial charge in [0.05, 0.1) is 36.6 Å². The average Bonchev–Trinajstić information content (AvgIpc) is 3.92.